The maximum Gasteiger partial charge on any atom is 0.327 e. The van der Waals surface area contributed by atoms with Gasteiger partial charge in [0.2, 0.25) is 0 Å². The standard InChI is InChI=1S/C6H9Cl2NO.C3H4O2/c7-4-2-1-3-5(9-10)6(4)8;1-2-3(4)5/h4,6,10H,1-3H2;2H,1H2,(H,4,5)/b9-5-;. The second-order valence-corrected chi connectivity index (χ2v) is 3.97. The van der Waals surface area contributed by atoms with Gasteiger partial charge in [-0.15, -0.1) is 23.2 Å². The molecule has 0 aromatic carbocycles. The summed E-state index contributed by atoms with van der Waals surface area (Å²) in [6.07, 6.45) is 3.49. The van der Waals surface area contributed by atoms with E-state index >= 15 is 0 Å². The molecule has 0 radical (unpaired) electrons. The molecule has 0 saturated heterocycles. The molecule has 0 aromatic rings. The third kappa shape index (κ3) is 5.64. The number of aliphatic carboxylic acids is 1. The topological polar surface area (TPSA) is 69.9 Å². The fourth-order valence-corrected chi connectivity index (χ4v) is 1.65. The lowest BCUT2D eigenvalue weighted by molar-refractivity contribution is -0.131. The van der Waals surface area contributed by atoms with Crippen molar-refractivity contribution in [2.45, 2.75) is 30.0 Å². The number of alkyl halides is 2. The smallest absolute Gasteiger partial charge is 0.327 e. The predicted octanol–water partition coefficient (Wildman–Crippen LogP) is 2.47. The molecule has 1 rings (SSSR count). The van der Waals surface area contributed by atoms with Crippen LogP contribution in [-0.2, 0) is 4.79 Å². The molecule has 1 fully saturated rings. The molecule has 0 aliphatic heterocycles. The highest BCUT2D eigenvalue weighted by Gasteiger charge is 2.26. The number of nitrogens with zero attached hydrogens (tertiary/aromatic N) is 1. The molecule has 4 nitrogen and oxygen atoms in total. The average molecular weight is 254 g/mol. The van der Waals surface area contributed by atoms with E-state index in [9.17, 15) is 4.79 Å². The molecular weight excluding hydrogens is 241 g/mol. The van der Waals surface area contributed by atoms with Crippen molar-refractivity contribution >= 4 is 34.9 Å². The minimum Gasteiger partial charge on any atom is -0.478 e. The third-order valence-corrected chi connectivity index (χ3v) is 3.01. The van der Waals surface area contributed by atoms with Gasteiger partial charge in [-0.1, -0.05) is 11.7 Å². The summed E-state index contributed by atoms with van der Waals surface area (Å²) in [6, 6.07) is 0. The molecule has 1 saturated carbocycles. The number of rotatable bonds is 1. The molecule has 2 atom stereocenters. The number of hydrogen-bond acceptors (Lipinski definition) is 3. The van der Waals surface area contributed by atoms with Crippen LogP contribution in [-0.4, -0.2) is 32.7 Å². The zero-order valence-corrected chi connectivity index (χ0v) is 9.58. The number of carboxylic acid groups (broad SMARTS) is 1. The van der Waals surface area contributed by atoms with E-state index in [0.717, 1.165) is 25.3 Å². The molecule has 2 N–H and O–H groups in total. The van der Waals surface area contributed by atoms with Crippen LogP contribution in [0.15, 0.2) is 17.8 Å². The van der Waals surface area contributed by atoms with Crippen LogP contribution >= 0.6 is 23.2 Å². The molecule has 0 heterocycles. The Morgan fingerprint density at radius 3 is 2.47 bits per heavy atom. The molecule has 15 heavy (non-hydrogen) atoms. The largest absolute Gasteiger partial charge is 0.478 e. The van der Waals surface area contributed by atoms with Crippen LogP contribution in [0.3, 0.4) is 0 Å². The van der Waals surface area contributed by atoms with Crippen LogP contribution in [0.2, 0.25) is 0 Å². The lowest BCUT2D eigenvalue weighted by Crippen LogP contribution is -2.29. The summed E-state index contributed by atoms with van der Waals surface area (Å²) >= 11 is 11.6. The van der Waals surface area contributed by atoms with E-state index in [2.05, 4.69) is 11.7 Å². The summed E-state index contributed by atoms with van der Waals surface area (Å²) < 4.78 is 0. The van der Waals surface area contributed by atoms with Gasteiger partial charge in [0.25, 0.3) is 0 Å². The second-order valence-electron chi connectivity index (χ2n) is 2.94. The van der Waals surface area contributed by atoms with Crippen molar-refractivity contribution < 1.29 is 15.1 Å². The van der Waals surface area contributed by atoms with Crippen LogP contribution in [0.5, 0.6) is 0 Å². The van der Waals surface area contributed by atoms with E-state index in [0.29, 0.717) is 5.71 Å². The van der Waals surface area contributed by atoms with Crippen molar-refractivity contribution in [3.63, 3.8) is 0 Å². The van der Waals surface area contributed by atoms with Gasteiger partial charge in [-0.3, -0.25) is 0 Å². The first-order valence-electron chi connectivity index (χ1n) is 4.37. The minimum atomic E-state index is -0.981. The summed E-state index contributed by atoms with van der Waals surface area (Å²) in [5.74, 6) is -0.981. The van der Waals surface area contributed by atoms with E-state index < -0.39 is 5.97 Å². The highest BCUT2D eigenvalue weighted by molar-refractivity contribution is 6.38. The molecule has 2 unspecified atom stereocenters. The van der Waals surface area contributed by atoms with Crippen LogP contribution in [0.25, 0.3) is 0 Å². The van der Waals surface area contributed by atoms with Crippen molar-refractivity contribution in [3.05, 3.63) is 12.7 Å². The third-order valence-electron chi connectivity index (χ3n) is 1.85. The Bertz CT molecular complexity index is 256. The molecule has 6 heteroatoms. The van der Waals surface area contributed by atoms with Gasteiger partial charge in [0, 0.05) is 6.08 Å². The maximum absolute atomic E-state index is 9.25. The van der Waals surface area contributed by atoms with Crippen LogP contribution in [0.1, 0.15) is 19.3 Å². The normalized spacial score (nSPS) is 27.7. The monoisotopic (exact) mass is 253 g/mol. The fourth-order valence-electron chi connectivity index (χ4n) is 1.08. The molecule has 0 bridgehead atoms. The van der Waals surface area contributed by atoms with Crippen LogP contribution in [0.4, 0.5) is 0 Å². The van der Waals surface area contributed by atoms with Crippen molar-refractivity contribution in [1.29, 1.82) is 0 Å². The molecular formula is C9H13Cl2NO3. The Labute approximate surface area is 98.2 Å². The lowest BCUT2D eigenvalue weighted by atomic mass is 9.98. The van der Waals surface area contributed by atoms with E-state index in [1.54, 1.807) is 0 Å². The summed E-state index contributed by atoms with van der Waals surface area (Å²) in [4.78, 5) is 9.25. The van der Waals surface area contributed by atoms with Crippen LogP contribution < -0.4 is 0 Å². The number of halogens is 2. The molecule has 1 aliphatic carbocycles. The first kappa shape index (κ1) is 14.3. The van der Waals surface area contributed by atoms with E-state index in [1.165, 1.54) is 0 Å². The molecule has 1 aliphatic rings. The first-order chi connectivity index (χ1) is 7.02. The average Bonchev–Trinajstić information content (AvgIpc) is 2.23. The van der Waals surface area contributed by atoms with Gasteiger partial charge in [0.1, 0.15) is 0 Å². The summed E-state index contributed by atoms with van der Waals surface area (Å²) in [6.45, 7) is 2.96. The Hall–Kier alpha value is -0.740. The van der Waals surface area contributed by atoms with Gasteiger partial charge in [0.15, 0.2) is 0 Å². The maximum atomic E-state index is 9.25. The quantitative estimate of drug-likeness (QED) is 0.327. The zero-order chi connectivity index (χ0) is 11.8. The van der Waals surface area contributed by atoms with E-state index in [4.69, 9.17) is 33.5 Å². The Kier molecular flexibility index (Phi) is 7.17. The van der Waals surface area contributed by atoms with Crippen molar-refractivity contribution in [2.75, 3.05) is 0 Å². The van der Waals surface area contributed by atoms with E-state index in [-0.39, 0.29) is 10.8 Å². The van der Waals surface area contributed by atoms with Gasteiger partial charge in [-0.25, -0.2) is 4.79 Å². The molecule has 0 aromatic heterocycles. The van der Waals surface area contributed by atoms with Crippen LogP contribution in [0, 0.1) is 0 Å². The Morgan fingerprint density at radius 2 is 2.13 bits per heavy atom. The van der Waals surface area contributed by atoms with Gasteiger partial charge >= 0.3 is 5.97 Å². The fraction of sp³-hybridized carbons (Fsp3) is 0.556. The Balaban J connectivity index is 0.000000336. The van der Waals surface area contributed by atoms with Gasteiger partial charge in [-0.2, -0.15) is 0 Å². The van der Waals surface area contributed by atoms with E-state index in [1.807, 2.05) is 0 Å². The van der Waals surface area contributed by atoms with Crippen molar-refractivity contribution in [1.82, 2.24) is 0 Å². The summed E-state index contributed by atoms with van der Waals surface area (Å²) in [5.41, 5.74) is 0.618. The second kappa shape index (κ2) is 7.54. The SMILES string of the molecule is C=CC(=O)O.O/N=C1/CCCC(Cl)C1Cl. The van der Waals surface area contributed by atoms with Gasteiger partial charge in [-0.05, 0) is 19.3 Å². The minimum absolute atomic E-state index is 0.0682. The predicted molar refractivity (Wildman–Crippen MR) is 60.2 cm³/mol. The lowest BCUT2D eigenvalue weighted by Gasteiger charge is -2.21. The number of carbonyl (C=O) groups is 1. The molecule has 86 valence electrons. The van der Waals surface area contributed by atoms with Gasteiger partial charge in [0.05, 0.1) is 16.5 Å². The number of carboxylic acids is 1. The van der Waals surface area contributed by atoms with Gasteiger partial charge < -0.3 is 10.3 Å². The molecule has 0 amide bonds. The Morgan fingerprint density at radius 1 is 1.60 bits per heavy atom. The highest BCUT2D eigenvalue weighted by Crippen LogP contribution is 2.25. The molecule has 0 spiro atoms. The zero-order valence-electron chi connectivity index (χ0n) is 8.07. The van der Waals surface area contributed by atoms with Crippen molar-refractivity contribution in [2.24, 2.45) is 5.16 Å². The highest BCUT2D eigenvalue weighted by atomic mass is 35.5. The number of hydrogen-bond donors (Lipinski definition) is 2. The summed E-state index contributed by atoms with van der Waals surface area (Å²) in [7, 11) is 0. The number of oxime groups is 1. The first-order valence-corrected chi connectivity index (χ1v) is 5.24. The summed E-state index contributed by atoms with van der Waals surface area (Å²) in [5, 5.41) is 18.8. The van der Waals surface area contributed by atoms with Crippen molar-refractivity contribution in [3.8, 4) is 0 Å².